The van der Waals surface area contributed by atoms with Gasteiger partial charge in [-0.1, -0.05) is 0 Å². The van der Waals surface area contributed by atoms with Crippen molar-refractivity contribution in [3.8, 4) is 0 Å². The van der Waals surface area contributed by atoms with Crippen molar-refractivity contribution in [3.63, 3.8) is 0 Å². The first kappa shape index (κ1) is 8.38. The van der Waals surface area contributed by atoms with Crippen LogP contribution in [-0.2, 0) is 0 Å². The van der Waals surface area contributed by atoms with Crippen LogP contribution in [0.5, 0.6) is 0 Å². The van der Waals surface area contributed by atoms with E-state index in [2.05, 4.69) is 0 Å². The highest BCUT2D eigenvalue weighted by atomic mass is 19.1. The first-order valence-electron chi connectivity index (χ1n) is 4.33. The average Bonchev–Trinajstić information content (AvgIpc) is 2.50. The van der Waals surface area contributed by atoms with Crippen molar-refractivity contribution >= 4 is 0 Å². The molecule has 0 aliphatic carbocycles. The van der Waals surface area contributed by atoms with E-state index in [-0.39, 0.29) is 13.0 Å². The van der Waals surface area contributed by atoms with Crippen LogP contribution in [0.3, 0.4) is 0 Å². The summed E-state index contributed by atoms with van der Waals surface area (Å²) in [4.78, 5) is 1.75. The van der Waals surface area contributed by atoms with Gasteiger partial charge < -0.3 is 5.11 Å². The number of rotatable bonds is 1. The fourth-order valence-corrected chi connectivity index (χ4v) is 2.44. The van der Waals surface area contributed by atoms with Gasteiger partial charge in [-0.3, -0.25) is 4.90 Å². The van der Waals surface area contributed by atoms with E-state index < -0.39 is 17.9 Å². The van der Waals surface area contributed by atoms with Crippen LogP contribution in [0.1, 0.15) is 12.8 Å². The molecular formula is C8H13F2NO. The van der Waals surface area contributed by atoms with Crippen molar-refractivity contribution in [3.05, 3.63) is 0 Å². The maximum Gasteiger partial charge on any atom is 0.122 e. The lowest BCUT2D eigenvalue weighted by molar-refractivity contribution is 0.0492. The van der Waals surface area contributed by atoms with Crippen LogP contribution in [0.15, 0.2) is 0 Å². The zero-order chi connectivity index (χ0) is 8.77. The van der Waals surface area contributed by atoms with Gasteiger partial charge in [0.1, 0.15) is 12.3 Å². The molecule has 2 aliphatic rings. The molecule has 0 spiro atoms. The van der Waals surface area contributed by atoms with Gasteiger partial charge in [-0.05, 0) is 6.42 Å². The molecule has 4 heteroatoms. The minimum Gasteiger partial charge on any atom is -0.394 e. The normalized spacial score (nSPS) is 48.2. The Labute approximate surface area is 70.2 Å². The molecule has 2 aliphatic heterocycles. The number of halogens is 2. The molecule has 2 saturated heterocycles. The summed E-state index contributed by atoms with van der Waals surface area (Å²) in [5.74, 6) is 0. The highest BCUT2D eigenvalue weighted by Crippen LogP contribution is 2.41. The number of hydrogen-bond acceptors (Lipinski definition) is 2. The zero-order valence-corrected chi connectivity index (χ0v) is 6.84. The minimum atomic E-state index is -1.05. The molecule has 0 aromatic carbocycles. The van der Waals surface area contributed by atoms with Gasteiger partial charge >= 0.3 is 0 Å². The number of nitrogens with zero attached hydrogens (tertiary/aromatic N) is 1. The Morgan fingerprint density at radius 3 is 2.83 bits per heavy atom. The third-order valence-corrected chi connectivity index (χ3v) is 3.13. The van der Waals surface area contributed by atoms with Gasteiger partial charge in [0.15, 0.2) is 0 Å². The van der Waals surface area contributed by atoms with E-state index in [1.807, 2.05) is 0 Å². The van der Waals surface area contributed by atoms with Gasteiger partial charge in [-0.25, -0.2) is 8.78 Å². The standard InChI is InChI=1S/C8H13F2NO/c9-6-3-8(5-12)7(10)1-2-11(8)4-6/h6-7,12H,1-5H2/t6-,7-,8+/m1/s1. The quantitative estimate of drug-likeness (QED) is 0.630. The van der Waals surface area contributed by atoms with Crippen molar-refractivity contribution in [2.24, 2.45) is 0 Å². The Kier molecular flexibility index (Phi) is 1.84. The Bertz CT molecular complexity index is 190. The molecule has 2 rings (SSSR count). The second-order valence-corrected chi connectivity index (χ2v) is 3.77. The monoisotopic (exact) mass is 177 g/mol. The third-order valence-electron chi connectivity index (χ3n) is 3.13. The van der Waals surface area contributed by atoms with Crippen molar-refractivity contribution < 1.29 is 13.9 Å². The van der Waals surface area contributed by atoms with Crippen LogP contribution in [0.4, 0.5) is 8.78 Å². The number of alkyl halides is 2. The van der Waals surface area contributed by atoms with Crippen molar-refractivity contribution in [1.82, 2.24) is 4.90 Å². The van der Waals surface area contributed by atoms with Crippen LogP contribution in [0, 0.1) is 0 Å². The van der Waals surface area contributed by atoms with E-state index in [0.29, 0.717) is 19.5 Å². The number of hydrogen-bond donors (Lipinski definition) is 1. The van der Waals surface area contributed by atoms with E-state index >= 15 is 0 Å². The van der Waals surface area contributed by atoms with E-state index in [9.17, 15) is 8.78 Å². The molecule has 0 radical (unpaired) electrons. The smallest absolute Gasteiger partial charge is 0.122 e. The molecule has 2 fully saturated rings. The molecule has 1 N–H and O–H groups in total. The third kappa shape index (κ3) is 0.910. The molecule has 70 valence electrons. The second-order valence-electron chi connectivity index (χ2n) is 3.77. The maximum atomic E-state index is 13.3. The molecular weight excluding hydrogens is 164 g/mol. The van der Waals surface area contributed by atoms with Crippen molar-refractivity contribution in [2.75, 3.05) is 19.7 Å². The number of aliphatic hydroxyl groups excluding tert-OH is 1. The molecule has 0 bridgehead atoms. The van der Waals surface area contributed by atoms with Crippen LogP contribution < -0.4 is 0 Å². The molecule has 0 amide bonds. The Morgan fingerprint density at radius 1 is 1.50 bits per heavy atom. The van der Waals surface area contributed by atoms with Gasteiger partial charge in [0.2, 0.25) is 0 Å². The summed E-state index contributed by atoms with van der Waals surface area (Å²) in [5.41, 5.74) is -0.876. The predicted octanol–water partition coefficient (Wildman–Crippen LogP) is 0.503. The maximum absolute atomic E-state index is 13.3. The Hall–Kier alpha value is -0.220. The summed E-state index contributed by atoms with van der Waals surface area (Å²) >= 11 is 0. The van der Waals surface area contributed by atoms with Gasteiger partial charge in [0.25, 0.3) is 0 Å². The number of fused-ring (bicyclic) bond motifs is 1. The largest absolute Gasteiger partial charge is 0.394 e. The van der Waals surface area contributed by atoms with Crippen LogP contribution >= 0.6 is 0 Å². The van der Waals surface area contributed by atoms with Gasteiger partial charge in [-0.2, -0.15) is 0 Å². The molecule has 0 aromatic heterocycles. The van der Waals surface area contributed by atoms with E-state index in [1.165, 1.54) is 0 Å². The van der Waals surface area contributed by atoms with E-state index in [0.717, 1.165) is 0 Å². The van der Waals surface area contributed by atoms with Crippen LogP contribution in [-0.4, -0.2) is 47.6 Å². The van der Waals surface area contributed by atoms with Gasteiger partial charge in [-0.15, -0.1) is 0 Å². The minimum absolute atomic E-state index is 0.157. The molecule has 3 atom stereocenters. The lowest BCUT2D eigenvalue weighted by Gasteiger charge is -2.30. The second kappa shape index (κ2) is 2.64. The zero-order valence-electron chi connectivity index (χ0n) is 6.84. The SMILES string of the molecule is OC[C@]12C[C@@H](F)CN1CC[C@H]2F. The first-order chi connectivity index (χ1) is 5.69. The number of aliphatic hydroxyl groups is 1. The van der Waals surface area contributed by atoms with Crippen LogP contribution in [0.2, 0.25) is 0 Å². The van der Waals surface area contributed by atoms with Gasteiger partial charge in [0.05, 0.1) is 12.1 Å². The highest BCUT2D eigenvalue weighted by molar-refractivity contribution is 5.08. The summed E-state index contributed by atoms with van der Waals surface area (Å²) in [6.45, 7) is 0.623. The predicted molar refractivity (Wildman–Crippen MR) is 40.4 cm³/mol. The average molecular weight is 177 g/mol. The van der Waals surface area contributed by atoms with Crippen molar-refractivity contribution in [2.45, 2.75) is 30.7 Å². The fraction of sp³-hybridized carbons (Fsp3) is 1.00. The van der Waals surface area contributed by atoms with Gasteiger partial charge in [0, 0.05) is 19.5 Å². The first-order valence-corrected chi connectivity index (χ1v) is 4.33. The Morgan fingerprint density at radius 2 is 2.25 bits per heavy atom. The lowest BCUT2D eigenvalue weighted by Crippen LogP contribution is -2.47. The summed E-state index contributed by atoms with van der Waals surface area (Å²) in [7, 11) is 0. The molecule has 0 saturated carbocycles. The molecule has 2 nitrogen and oxygen atoms in total. The molecule has 0 aromatic rings. The lowest BCUT2D eigenvalue weighted by atomic mass is 9.93. The molecule has 12 heavy (non-hydrogen) atoms. The summed E-state index contributed by atoms with van der Waals surface area (Å²) in [6.07, 6.45) is -1.42. The topological polar surface area (TPSA) is 23.5 Å². The summed E-state index contributed by atoms with van der Waals surface area (Å²) in [5, 5.41) is 9.07. The van der Waals surface area contributed by atoms with Crippen molar-refractivity contribution in [1.29, 1.82) is 0 Å². The molecule has 0 unspecified atom stereocenters. The fourth-order valence-electron chi connectivity index (χ4n) is 2.44. The van der Waals surface area contributed by atoms with E-state index in [1.54, 1.807) is 4.90 Å². The Balaban J connectivity index is 2.22. The van der Waals surface area contributed by atoms with Crippen LogP contribution in [0.25, 0.3) is 0 Å². The summed E-state index contributed by atoms with van der Waals surface area (Å²) < 4.78 is 26.3. The van der Waals surface area contributed by atoms with E-state index in [4.69, 9.17) is 5.11 Å². The summed E-state index contributed by atoms with van der Waals surface area (Å²) in [6, 6.07) is 0. The molecule has 2 heterocycles. The highest BCUT2D eigenvalue weighted by Gasteiger charge is 2.54.